The fourth-order valence-electron chi connectivity index (χ4n) is 2.16. The summed E-state index contributed by atoms with van der Waals surface area (Å²) in [7, 11) is 1.33. The van der Waals surface area contributed by atoms with Crippen molar-refractivity contribution in [3.8, 4) is 0 Å². The Hall–Kier alpha value is -2.63. The van der Waals surface area contributed by atoms with Crippen LogP contribution in [0.4, 0.5) is 13.2 Å². The molecular weight excluding hydrogens is 307 g/mol. The second-order valence-corrected chi connectivity index (χ2v) is 4.81. The van der Waals surface area contributed by atoms with Gasteiger partial charge in [-0.05, 0) is 19.1 Å². The highest BCUT2D eigenvalue weighted by Crippen LogP contribution is 2.31. The Morgan fingerprint density at radius 3 is 2.26 bits per heavy atom. The van der Waals surface area contributed by atoms with Crippen molar-refractivity contribution in [1.29, 1.82) is 0 Å². The molecule has 0 atom stereocenters. The molecule has 0 spiro atoms. The number of hydrogen-bond acceptors (Lipinski definition) is 3. The van der Waals surface area contributed by atoms with Crippen molar-refractivity contribution in [1.82, 2.24) is 0 Å². The van der Waals surface area contributed by atoms with Crippen molar-refractivity contribution in [3.05, 3.63) is 70.8 Å². The van der Waals surface area contributed by atoms with Gasteiger partial charge in [-0.1, -0.05) is 41.6 Å². The molecule has 0 saturated heterocycles. The molecule has 23 heavy (non-hydrogen) atoms. The molecule has 2 rings (SSSR count). The molecule has 0 heterocycles. The van der Waals surface area contributed by atoms with E-state index in [0.717, 1.165) is 12.1 Å². The average molecular weight is 321 g/mol. The number of halogens is 3. The van der Waals surface area contributed by atoms with Crippen LogP contribution in [0.1, 0.15) is 34.0 Å². The van der Waals surface area contributed by atoms with Gasteiger partial charge in [0.05, 0.1) is 11.3 Å². The fourth-order valence-corrected chi connectivity index (χ4v) is 2.16. The van der Waals surface area contributed by atoms with E-state index >= 15 is 0 Å². The predicted molar refractivity (Wildman–Crippen MR) is 80.5 cm³/mol. The van der Waals surface area contributed by atoms with Crippen LogP contribution in [0, 0.1) is 0 Å². The third-order valence-electron chi connectivity index (χ3n) is 3.25. The maximum absolute atomic E-state index is 12.9. The van der Waals surface area contributed by atoms with Crippen LogP contribution in [-0.2, 0) is 11.0 Å². The van der Waals surface area contributed by atoms with Gasteiger partial charge in [0, 0.05) is 16.7 Å². The molecule has 0 aromatic heterocycles. The summed E-state index contributed by atoms with van der Waals surface area (Å²) >= 11 is 0. The lowest BCUT2D eigenvalue weighted by Gasteiger charge is -2.13. The summed E-state index contributed by atoms with van der Waals surface area (Å²) in [5, 5.41) is 3.71. The normalized spacial score (nSPS) is 12.1. The Balaban J connectivity index is 2.61. The van der Waals surface area contributed by atoms with E-state index in [9.17, 15) is 18.0 Å². The van der Waals surface area contributed by atoms with Gasteiger partial charge >= 0.3 is 6.18 Å². The lowest BCUT2D eigenvalue weighted by Crippen LogP contribution is -2.13. The Bertz CT molecular complexity index is 737. The van der Waals surface area contributed by atoms with E-state index in [-0.39, 0.29) is 5.56 Å². The summed E-state index contributed by atoms with van der Waals surface area (Å²) in [6.45, 7) is 1.56. The van der Waals surface area contributed by atoms with Crippen molar-refractivity contribution in [3.63, 3.8) is 0 Å². The number of benzene rings is 2. The maximum Gasteiger partial charge on any atom is 0.416 e. The van der Waals surface area contributed by atoms with Crippen LogP contribution >= 0.6 is 0 Å². The highest BCUT2D eigenvalue weighted by molar-refractivity contribution is 6.16. The standard InChI is InChI=1S/C17H14F3NO2/c1-11(21-23-2)14-9-8-13(17(18,19)20)10-15(14)16(22)12-6-4-3-5-7-12/h3-10H,1-2H3/b21-11-. The van der Waals surface area contributed by atoms with E-state index in [0.29, 0.717) is 16.8 Å². The quantitative estimate of drug-likeness (QED) is 0.478. The van der Waals surface area contributed by atoms with Crippen molar-refractivity contribution in [2.24, 2.45) is 5.16 Å². The maximum atomic E-state index is 12.9. The van der Waals surface area contributed by atoms with Crippen molar-refractivity contribution in [2.75, 3.05) is 7.11 Å². The number of carbonyl (C=O) groups is 1. The summed E-state index contributed by atoms with van der Waals surface area (Å²) in [5.74, 6) is -0.502. The number of alkyl halides is 3. The topological polar surface area (TPSA) is 38.7 Å². The Labute approximate surface area is 131 Å². The highest BCUT2D eigenvalue weighted by atomic mass is 19.4. The first-order valence-electron chi connectivity index (χ1n) is 6.73. The average Bonchev–Trinajstić information content (AvgIpc) is 2.54. The summed E-state index contributed by atoms with van der Waals surface area (Å²) < 4.78 is 38.8. The van der Waals surface area contributed by atoms with Gasteiger partial charge in [0.15, 0.2) is 5.78 Å². The van der Waals surface area contributed by atoms with E-state index in [1.807, 2.05) is 0 Å². The zero-order chi connectivity index (χ0) is 17.0. The van der Waals surface area contributed by atoms with Gasteiger partial charge in [-0.3, -0.25) is 4.79 Å². The highest BCUT2D eigenvalue weighted by Gasteiger charge is 2.32. The van der Waals surface area contributed by atoms with Gasteiger partial charge in [0.25, 0.3) is 0 Å². The number of oxime groups is 1. The molecule has 0 N–H and O–H groups in total. The van der Waals surface area contributed by atoms with E-state index in [1.165, 1.54) is 13.2 Å². The zero-order valence-electron chi connectivity index (χ0n) is 12.5. The first-order valence-corrected chi connectivity index (χ1v) is 6.73. The molecule has 2 aromatic rings. The monoisotopic (exact) mass is 321 g/mol. The van der Waals surface area contributed by atoms with Crippen LogP contribution in [0.15, 0.2) is 53.7 Å². The minimum atomic E-state index is -4.53. The zero-order valence-corrected chi connectivity index (χ0v) is 12.5. The molecule has 0 unspecified atom stereocenters. The molecule has 0 fully saturated rings. The smallest absolute Gasteiger partial charge is 0.399 e. The Morgan fingerprint density at radius 1 is 1.04 bits per heavy atom. The van der Waals surface area contributed by atoms with Gasteiger partial charge in [-0.15, -0.1) is 0 Å². The summed E-state index contributed by atoms with van der Waals surface area (Å²) in [6.07, 6.45) is -4.53. The van der Waals surface area contributed by atoms with E-state index < -0.39 is 17.5 Å². The number of carbonyl (C=O) groups excluding carboxylic acids is 1. The summed E-state index contributed by atoms with van der Waals surface area (Å²) in [5.41, 5.74) is -0.0254. The van der Waals surface area contributed by atoms with Crippen LogP contribution < -0.4 is 0 Å². The molecule has 0 bridgehead atoms. The van der Waals surface area contributed by atoms with Crippen molar-refractivity contribution >= 4 is 11.5 Å². The number of ketones is 1. The lowest BCUT2D eigenvalue weighted by atomic mass is 9.94. The Morgan fingerprint density at radius 2 is 1.70 bits per heavy atom. The van der Waals surface area contributed by atoms with Gasteiger partial charge < -0.3 is 4.84 Å². The first-order chi connectivity index (χ1) is 10.8. The molecule has 3 nitrogen and oxygen atoms in total. The minimum Gasteiger partial charge on any atom is -0.399 e. The number of rotatable bonds is 4. The van der Waals surface area contributed by atoms with Gasteiger partial charge in [-0.25, -0.2) is 0 Å². The molecule has 2 aromatic carbocycles. The molecule has 0 aliphatic heterocycles. The SMILES string of the molecule is CO/N=C(/C)c1ccc(C(F)(F)F)cc1C(=O)c1ccccc1. The molecule has 0 saturated carbocycles. The predicted octanol–water partition coefficient (Wildman–Crippen LogP) is 4.31. The third kappa shape index (κ3) is 3.77. The van der Waals surface area contributed by atoms with Crippen molar-refractivity contribution < 1.29 is 22.8 Å². The minimum absolute atomic E-state index is 0.0654. The molecule has 120 valence electrons. The largest absolute Gasteiger partial charge is 0.416 e. The number of nitrogens with zero attached hydrogens (tertiary/aromatic N) is 1. The van der Waals surface area contributed by atoms with Gasteiger partial charge in [0.1, 0.15) is 7.11 Å². The molecular formula is C17H14F3NO2. The summed E-state index contributed by atoms with van der Waals surface area (Å²) in [6, 6.07) is 11.1. The number of hydrogen-bond donors (Lipinski definition) is 0. The molecule has 0 radical (unpaired) electrons. The molecule has 6 heteroatoms. The second kappa shape index (κ2) is 6.64. The van der Waals surface area contributed by atoms with Crippen LogP contribution in [0.25, 0.3) is 0 Å². The third-order valence-corrected chi connectivity index (χ3v) is 3.25. The van der Waals surface area contributed by atoms with Crippen molar-refractivity contribution in [2.45, 2.75) is 13.1 Å². The Kier molecular flexibility index (Phi) is 4.83. The second-order valence-electron chi connectivity index (χ2n) is 4.81. The molecule has 0 aliphatic rings. The van der Waals surface area contributed by atoms with Gasteiger partial charge in [0.2, 0.25) is 0 Å². The van der Waals surface area contributed by atoms with Crippen LogP contribution in [-0.4, -0.2) is 18.6 Å². The first kappa shape index (κ1) is 16.7. The summed E-state index contributed by atoms with van der Waals surface area (Å²) in [4.78, 5) is 17.2. The van der Waals surface area contributed by atoms with E-state index in [4.69, 9.17) is 0 Å². The van der Waals surface area contributed by atoms with E-state index in [1.54, 1.807) is 37.3 Å². The van der Waals surface area contributed by atoms with Gasteiger partial charge in [-0.2, -0.15) is 13.2 Å². The van der Waals surface area contributed by atoms with E-state index in [2.05, 4.69) is 9.99 Å². The fraction of sp³-hybridized carbons (Fsp3) is 0.176. The van der Waals surface area contributed by atoms with Crippen LogP contribution in [0.2, 0.25) is 0 Å². The molecule has 0 amide bonds. The lowest BCUT2D eigenvalue weighted by molar-refractivity contribution is -0.137. The van der Waals surface area contributed by atoms with Crippen LogP contribution in [0.3, 0.4) is 0 Å². The van der Waals surface area contributed by atoms with Crippen LogP contribution in [0.5, 0.6) is 0 Å². The molecule has 0 aliphatic carbocycles.